The first kappa shape index (κ1) is 12.7. The van der Waals surface area contributed by atoms with Crippen LogP contribution in [0.1, 0.15) is 25.8 Å². The van der Waals surface area contributed by atoms with E-state index in [1.165, 1.54) is 16.5 Å². The molecule has 0 fully saturated rings. The normalized spacial score (nSPS) is 11.9. The molecule has 0 unspecified atom stereocenters. The predicted molar refractivity (Wildman–Crippen MR) is 72.7 cm³/mol. The molecule has 2 aromatic rings. The lowest BCUT2D eigenvalue weighted by Crippen LogP contribution is -2.25. The van der Waals surface area contributed by atoms with Gasteiger partial charge in [0, 0.05) is 23.6 Å². The van der Waals surface area contributed by atoms with E-state index >= 15 is 0 Å². The number of carboxylic acid groups (broad SMARTS) is 1. The Morgan fingerprint density at radius 3 is 2.72 bits per heavy atom. The Balaban J connectivity index is 2.23. The average molecular weight is 245 g/mol. The van der Waals surface area contributed by atoms with Crippen molar-refractivity contribution in [3.05, 3.63) is 36.0 Å². The molecular weight excluding hydrogens is 226 g/mol. The summed E-state index contributed by atoms with van der Waals surface area (Å²) in [6, 6.07) is 8.30. The molecule has 1 aromatic carbocycles. The van der Waals surface area contributed by atoms with Crippen LogP contribution in [0.5, 0.6) is 0 Å². The highest BCUT2D eigenvalue weighted by Crippen LogP contribution is 2.24. The molecule has 0 saturated carbocycles. The van der Waals surface area contributed by atoms with Gasteiger partial charge in [-0.25, -0.2) is 0 Å². The van der Waals surface area contributed by atoms with Crippen LogP contribution in [0.15, 0.2) is 30.5 Å². The maximum absolute atomic E-state index is 11.1. The zero-order chi connectivity index (χ0) is 13.3. The fraction of sp³-hybridized carbons (Fsp3) is 0.400. The number of rotatable bonds is 4. The van der Waals surface area contributed by atoms with Crippen LogP contribution in [0.3, 0.4) is 0 Å². The van der Waals surface area contributed by atoms with E-state index in [2.05, 4.69) is 29.7 Å². The van der Waals surface area contributed by atoms with Crippen LogP contribution in [-0.2, 0) is 11.3 Å². The summed E-state index contributed by atoms with van der Waals surface area (Å²) in [5, 5.41) is 10.4. The molecule has 18 heavy (non-hydrogen) atoms. The lowest BCUT2D eigenvalue weighted by molar-refractivity contribution is -0.147. The van der Waals surface area contributed by atoms with Crippen LogP contribution in [0.4, 0.5) is 0 Å². The maximum atomic E-state index is 11.1. The Morgan fingerprint density at radius 2 is 2.06 bits per heavy atom. The fourth-order valence-electron chi connectivity index (χ4n) is 2.08. The Morgan fingerprint density at radius 1 is 1.33 bits per heavy atom. The topological polar surface area (TPSA) is 42.2 Å². The van der Waals surface area contributed by atoms with E-state index in [9.17, 15) is 4.79 Å². The molecule has 0 aliphatic rings. The van der Waals surface area contributed by atoms with Gasteiger partial charge < -0.3 is 9.67 Å². The Hall–Kier alpha value is -1.77. The van der Waals surface area contributed by atoms with E-state index in [-0.39, 0.29) is 0 Å². The van der Waals surface area contributed by atoms with Crippen molar-refractivity contribution in [3.63, 3.8) is 0 Å². The molecule has 1 heterocycles. The van der Waals surface area contributed by atoms with Gasteiger partial charge >= 0.3 is 5.97 Å². The summed E-state index contributed by atoms with van der Waals surface area (Å²) in [6.07, 6.45) is 2.66. The highest BCUT2D eigenvalue weighted by atomic mass is 16.4. The maximum Gasteiger partial charge on any atom is 0.309 e. The van der Waals surface area contributed by atoms with E-state index in [0.29, 0.717) is 6.42 Å². The minimum Gasteiger partial charge on any atom is -0.481 e. The highest BCUT2D eigenvalue weighted by molar-refractivity contribution is 5.83. The van der Waals surface area contributed by atoms with Crippen molar-refractivity contribution in [3.8, 4) is 0 Å². The largest absolute Gasteiger partial charge is 0.481 e. The van der Waals surface area contributed by atoms with Crippen molar-refractivity contribution in [1.82, 2.24) is 4.57 Å². The molecule has 1 aromatic heterocycles. The molecule has 0 aliphatic heterocycles. The van der Waals surface area contributed by atoms with Crippen molar-refractivity contribution < 1.29 is 9.90 Å². The summed E-state index contributed by atoms with van der Waals surface area (Å²) < 4.78 is 2.13. The SMILES string of the molecule is Cc1cccc2c1ccn2CCC(C)(C)C(=O)O. The van der Waals surface area contributed by atoms with E-state index in [1.54, 1.807) is 13.8 Å². The van der Waals surface area contributed by atoms with Gasteiger partial charge in [0.1, 0.15) is 0 Å². The van der Waals surface area contributed by atoms with E-state index < -0.39 is 11.4 Å². The van der Waals surface area contributed by atoms with Gasteiger partial charge in [-0.1, -0.05) is 12.1 Å². The third-order valence-electron chi connectivity index (χ3n) is 3.59. The van der Waals surface area contributed by atoms with Crippen LogP contribution in [-0.4, -0.2) is 15.6 Å². The molecule has 0 bridgehead atoms. The number of carbonyl (C=O) groups is 1. The van der Waals surface area contributed by atoms with Gasteiger partial charge in [-0.05, 0) is 44.9 Å². The number of aliphatic carboxylic acids is 1. The lowest BCUT2D eigenvalue weighted by Gasteiger charge is -2.19. The monoisotopic (exact) mass is 245 g/mol. The number of aryl methyl sites for hydroxylation is 2. The standard InChI is InChI=1S/C15H19NO2/c1-11-5-4-6-13-12(11)7-9-16(13)10-8-15(2,3)14(17)18/h4-7,9H,8,10H2,1-3H3,(H,17,18). The zero-order valence-electron chi connectivity index (χ0n) is 11.1. The Kier molecular flexibility index (Phi) is 3.16. The van der Waals surface area contributed by atoms with Crippen LogP contribution in [0.2, 0.25) is 0 Å². The summed E-state index contributed by atoms with van der Waals surface area (Å²) in [5.74, 6) is -0.741. The summed E-state index contributed by atoms with van der Waals surface area (Å²) in [7, 11) is 0. The molecule has 3 nitrogen and oxygen atoms in total. The second-order valence-corrected chi connectivity index (χ2v) is 5.46. The number of carboxylic acids is 1. The third kappa shape index (κ3) is 2.26. The van der Waals surface area contributed by atoms with Gasteiger partial charge in [0.2, 0.25) is 0 Å². The van der Waals surface area contributed by atoms with Gasteiger partial charge in [0.05, 0.1) is 5.41 Å². The lowest BCUT2D eigenvalue weighted by atomic mass is 9.89. The molecule has 0 atom stereocenters. The van der Waals surface area contributed by atoms with Gasteiger partial charge in [-0.2, -0.15) is 0 Å². The minimum absolute atomic E-state index is 0.625. The number of aromatic nitrogens is 1. The van der Waals surface area contributed by atoms with Crippen molar-refractivity contribution in [1.29, 1.82) is 0 Å². The molecule has 0 radical (unpaired) electrons. The van der Waals surface area contributed by atoms with E-state index in [1.807, 2.05) is 12.3 Å². The average Bonchev–Trinajstić information content (AvgIpc) is 2.71. The first-order valence-electron chi connectivity index (χ1n) is 6.20. The van der Waals surface area contributed by atoms with Crippen molar-refractivity contribution in [2.24, 2.45) is 5.41 Å². The molecule has 96 valence electrons. The highest BCUT2D eigenvalue weighted by Gasteiger charge is 2.26. The smallest absolute Gasteiger partial charge is 0.309 e. The van der Waals surface area contributed by atoms with E-state index in [0.717, 1.165) is 6.54 Å². The summed E-state index contributed by atoms with van der Waals surface area (Å²) in [5.41, 5.74) is 1.75. The quantitative estimate of drug-likeness (QED) is 0.896. The molecule has 0 spiro atoms. The van der Waals surface area contributed by atoms with Crippen LogP contribution in [0.25, 0.3) is 10.9 Å². The zero-order valence-corrected chi connectivity index (χ0v) is 11.1. The van der Waals surface area contributed by atoms with Gasteiger partial charge in [0.15, 0.2) is 0 Å². The van der Waals surface area contributed by atoms with Crippen molar-refractivity contribution >= 4 is 16.9 Å². The second kappa shape index (κ2) is 4.48. The molecule has 0 saturated heterocycles. The first-order chi connectivity index (χ1) is 8.42. The fourth-order valence-corrected chi connectivity index (χ4v) is 2.08. The third-order valence-corrected chi connectivity index (χ3v) is 3.59. The minimum atomic E-state index is -0.741. The van der Waals surface area contributed by atoms with Crippen molar-refractivity contribution in [2.75, 3.05) is 0 Å². The molecular formula is C15H19NO2. The number of hydrogen-bond acceptors (Lipinski definition) is 1. The van der Waals surface area contributed by atoms with Gasteiger partial charge in [-0.3, -0.25) is 4.79 Å². The number of benzene rings is 1. The summed E-state index contributed by atoms with van der Waals surface area (Å²) >= 11 is 0. The van der Waals surface area contributed by atoms with Crippen LogP contribution in [0, 0.1) is 12.3 Å². The first-order valence-corrected chi connectivity index (χ1v) is 6.20. The molecule has 1 N–H and O–H groups in total. The van der Waals surface area contributed by atoms with Crippen LogP contribution < -0.4 is 0 Å². The van der Waals surface area contributed by atoms with E-state index in [4.69, 9.17) is 5.11 Å². The van der Waals surface area contributed by atoms with Gasteiger partial charge in [0.25, 0.3) is 0 Å². The Bertz CT molecular complexity index is 581. The molecule has 3 heteroatoms. The van der Waals surface area contributed by atoms with Crippen molar-refractivity contribution in [2.45, 2.75) is 33.7 Å². The molecule has 0 amide bonds. The Labute approximate surface area is 107 Å². The number of hydrogen-bond donors (Lipinski definition) is 1. The van der Waals surface area contributed by atoms with Crippen LogP contribution >= 0.6 is 0 Å². The van der Waals surface area contributed by atoms with Gasteiger partial charge in [-0.15, -0.1) is 0 Å². The summed E-state index contributed by atoms with van der Waals surface area (Å²) in [4.78, 5) is 11.1. The second-order valence-electron chi connectivity index (χ2n) is 5.46. The number of fused-ring (bicyclic) bond motifs is 1. The molecule has 0 aliphatic carbocycles. The molecule has 2 rings (SSSR count). The summed E-state index contributed by atoms with van der Waals surface area (Å²) in [6.45, 7) is 6.36. The number of nitrogens with zero attached hydrogens (tertiary/aromatic N) is 1. The predicted octanol–water partition coefficient (Wildman–Crippen LogP) is 3.45.